The average Bonchev–Trinajstić information content (AvgIpc) is 3.55. The molecule has 12 nitrogen and oxygen atoms in total. The number of rotatable bonds is 11. The van der Waals surface area contributed by atoms with Crippen LogP contribution in [0.25, 0.3) is 0 Å². The van der Waals surface area contributed by atoms with Gasteiger partial charge in [-0.05, 0) is 36.8 Å². The summed E-state index contributed by atoms with van der Waals surface area (Å²) in [6.45, 7) is 1.98. The molecule has 1 aliphatic heterocycles. The Hall–Kier alpha value is -4.60. The van der Waals surface area contributed by atoms with Crippen molar-refractivity contribution in [1.82, 2.24) is 51.1 Å². The van der Waals surface area contributed by atoms with Gasteiger partial charge in [-0.1, -0.05) is 5.21 Å². The number of pyridine rings is 2. The molecule has 0 saturated carbocycles. The van der Waals surface area contributed by atoms with E-state index in [0.29, 0.717) is 5.69 Å². The van der Waals surface area contributed by atoms with Crippen molar-refractivity contribution >= 4 is 11.8 Å². The zero-order chi connectivity index (χ0) is 29.6. The van der Waals surface area contributed by atoms with E-state index in [0.717, 1.165) is 23.9 Å². The molecule has 0 fully saturated rings. The first-order valence-corrected chi connectivity index (χ1v) is 12.5. The molecule has 3 aromatic rings. The first-order valence-electron chi connectivity index (χ1n) is 12.5. The molecular formula is C25H28F4N10O2. The van der Waals surface area contributed by atoms with Gasteiger partial charge in [-0.15, -0.1) is 10.6 Å². The number of carbonyl (C=O) groups excluding carboxylic acids is 2. The highest BCUT2D eigenvalue weighted by atomic mass is 19.4. The van der Waals surface area contributed by atoms with Crippen molar-refractivity contribution in [1.29, 1.82) is 0 Å². The van der Waals surface area contributed by atoms with Crippen LogP contribution in [-0.4, -0.2) is 66.6 Å². The maximum Gasteiger partial charge on any atom is 0.416 e. The van der Waals surface area contributed by atoms with Crippen LogP contribution in [-0.2, 0) is 30.6 Å². The molecule has 1 aliphatic rings. The van der Waals surface area contributed by atoms with Crippen LogP contribution in [0, 0.1) is 6.92 Å². The van der Waals surface area contributed by atoms with Crippen LogP contribution in [0.2, 0.25) is 0 Å². The molecule has 0 saturated heterocycles. The molecule has 218 valence electrons. The Labute approximate surface area is 232 Å². The van der Waals surface area contributed by atoms with Crippen molar-refractivity contribution in [2.75, 3.05) is 13.6 Å². The third-order valence-corrected chi connectivity index (χ3v) is 5.96. The second kappa shape index (κ2) is 12.7. The Bertz CT molecular complexity index is 1410. The molecule has 2 amide bonds. The highest BCUT2D eigenvalue weighted by Crippen LogP contribution is 2.29. The predicted octanol–water partition coefficient (Wildman–Crippen LogP) is 1.88. The Morgan fingerprint density at radius 1 is 1.05 bits per heavy atom. The van der Waals surface area contributed by atoms with E-state index in [2.05, 4.69) is 36.4 Å². The summed E-state index contributed by atoms with van der Waals surface area (Å²) in [5, 5.41) is 15.7. The SMILES string of the molecule is Cc1ccnc(CNC(=O)c2cn(CCC(F)CN3C=C(C(=O)NCc4cc(C(F)(F)F)ccn4)N(C)N3)nn2)c1. The van der Waals surface area contributed by atoms with Crippen LogP contribution in [0.1, 0.15) is 39.4 Å². The number of aryl methyl sites for hydroxylation is 2. The Morgan fingerprint density at radius 2 is 1.73 bits per heavy atom. The summed E-state index contributed by atoms with van der Waals surface area (Å²) in [6, 6.07) is 5.41. The first-order chi connectivity index (χ1) is 19.5. The molecule has 1 atom stereocenters. The van der Waals surface area contributed by atoms with Crippen LogP contribution in [0.15, 0.2) is 54.8 Å². The van der Waals surface area contributed by atoms with Gasteiger partial charge in [0.15, 0.2) is 5.69 Å². The van der Waals surface area contributed by atoms with Crippen LogP contribution < -0.4 is 16.2 Å². The first kappa shape index (κ1) is 29.4. The number of halogens is 4. The maximum absolute atomic E-state index is 14.7. The van der Waals surface area contributed by atoms with Crippen LogP contribution in [0.5, 0.6) is 0 Å². The summed E-state index contributed by atoms with van der Waals surface area (Å²) < 4.78 is 54.8. The number of aromatic nitrogens is 5. The second-order valence-electron chi connectivity index (χ2n) is 9.30. The lowest BCUT2D eigenvalue weighted by molar-refractivity contribution is -0.137. The largest absolute Gasteiger partial charge is 0.416 e. The predicted molar refractivity (Wildman–Crippen MR) is 136 cm³/mol. The summed E-state index contributed by atoms with van der Waals surface area (Å²) in [4.78, 5) is 32.9. The fourth-order valence-electron chi connectivity index (χ4n) is 3.87. The molecule has 3 N–H and O–H groups in total. The zero-order valence-electron chi connectivity index (χ0n) is 22.2. The fraction of sp³-hybridized carbons (Fsp3) is 0.360. The fourth-order valence-corrected chi connectivity index (χ4v) is 3.87. The molecule has 0 aromatic carbocycles. The van der Waals surface area contributed by atoms with Gasteiger partial charge in [-0.3, -0.25) is 34.3 Å². The minimum absolute atomic E-state index is 0.0418. The number of likely N-dealkylation sites (N-methyl/N-ethyl adjacent to an activating group) is 1. The van der Waals surface area contributed by atoms with Crippen LogP contribution in [0.3, 0.4) is 0 Å². The molecule has 16 heteroatoms. The van der Waals surface area contributed by atoms with Gasteiger partial charge < -0.3 is 10.6 Å². The van der Waals surface area contributed by atoms with Crippen molar-refractivity contribution in [3.05, 3.63) is 83.0 Å². The highest BCUT2D eigenvalue weighted by molar-refractivity contribution is 5.92. The molecular weight excluding hydrogens is 548 g/mol. The standard InChI is InChI=1S/C25H28F4N10O2/c1-16-3-6-30-19(9-16)11-32-23(40)21-14-38(35-34-21)8-5-18(26)13-39-15-22(37(2)36-39)24(41)33-12-20-10-17(4-7-31-20)25(27,28)29/h3-4,6-7,9-10,14-15,18,36H,5,8,11-13H2,1-2H3,(H,32,40)(H,33,41). The van der Waals surface area contributed by atoms with Crippen LogP contribution in [0.4, 0.5) is 17.6 Å². The number of nitrogens with zero attached hydrogens (tertiary/aromatic N) is 7. The van der Waals surface area contributed by atoms with E-state index < -0.39 is 29.7 Å². The Kier molecular flexibility index (Phi) is 9.11. The molecule has 4 rings (SSSR count). The quantitative estimate of drug-likeness (QED) is 0.293. The van der Waals surface area contributed by atoms with Gasteiger partial charge in [0, 0.05) is 38.6 Å². The second-order valence-corrected chi connectivity index (χ2v) is 9.30. The van der Waals surface area contributed by atoms with Gasteiger partial charge in [0.1, 0.15) is 11.9 Å². The molecule has 3 aromatic heterocycles. The van der Waals surface area contributed by atoms with Crippen molar-refractivity contribution in [3.8, 4) is 0 Å². The van der Waals surface area contributed by atoms with Crippen molar-refractivity contribution in [2.24, 2.45) is 0 Å². The summed E-state index contributed by atoms with van der Waals surface area (Å²) in [5.74, 6) is -1.01. The number of carbonyl (C=O) groups is 2. The summed E-state index contributed by atoms with van der Waals surface area (Å²) in [6.07, 6.45) is -0.307. The minimum atomic E-state index is -4.52. The highest BCUT2D eigenvalue weighted by Gasteiger charge is 2.31. The van der Waals surface area contributed by atoms with Gasteiger partial charge in [0.2, 0.25) is 0 Å². The minimum Gasteiger partial charge on any atom is -0.345 e. The molecule has 0 radical (unpaired) electrons. The van der Waals surface area contributed by atoms with E-state index >= 15 is 0 Å². The van der Waals surface area contributed by atoms with Crippen molar-refractivity contribution in [2.45, 2.75) is 45.3 Å². The molecule has 41 heavy (non-hydrogen) atoms. The van der Waals surface area contributed by atoms with Gasteiger partial charge in [0.05, 0.1) is 42.8 Å². The summed E-state index contributed by atoms with van der Waals surface area (Å²) >= 11 is 0. The summed E-state index contributed by atoms with van der Waals surface area (Å²) in [7, 11) is 1.54. The molecule has 0 bridgehead atoms. The van der Waals surface area contributed by atoms with E-state index in [-0.39, 0.29) is 49.7 Å². The van der Waals surface area contributed by atoms with E-state index in [1.807, 2.05) is 19.1 Å². The van der Waals surface area contributed by atoms with Gasteiger partial charge in [0.25, 0.3) is 11.8 Å². The number of alkyl halides is 4. The zero-order valence-corrected chi connectivity index (χ0v) is 22.2. The molecule has 1 unspecified atom stereocenters. The number of amides is 2. The third-order valence-electron chi connectivity index (χ3n) is 5.96. The number of hydrogen-bond acceptors (Lipinski definition) is 9. The smallest absolute Gasteiger partial charge is 0.345 e. The van der Waals surface area contributed by atoms with Crippen LogP contribution >= 0.6 is 0 Å². The van der Waals surface area contributed by atoms with Crippen molar-refractivity contribution in [3.63, 3.8) is 0 Å². The lowest BCUT2D eigenvalue weighted by Gasteiger charge is -2.21. The molecule has 0 aliphatic carbocycles. The monoisotopic (exact) mass is 576 g/mol. The lowest BCUT2D eigenvalue weighted by atomic mass is 10.2. The molecule has 0 spiro atoms. The van der Waals surface area contributed by atoms with Crippen molar-refractivity contribution < 1.29 is 27.2 Å². The van der Waals surface area contributed by atoms with E-state index in [1.165, 1.54) is 34.1 Å². The van der Waals surface area contributed by atoms with E-state index in [1.54, 1.807) is 6.20 Å². The Balaban J connectivity index is 1.22. The lowest BCUT2D eigenvalue weighted by Crippen LogP contribution is -2.42. The summed E-state index contributed by atoms with van der Waals surface area (Å²) in [5.41, 5.74) is 3.94. The normalized spacial score (nSPS) is 14.1. The van der Waals surface area contributed by atoms with Gasteiger partial charge >= 0.3 is 6.18 Å². The van der Waals surface area contributed by atoms with Gasteiger partial charge in [-0.25, -0.2) is 4.39 Å². The van der Waals surface area contributed by atoms with E-state index in [9.17, 15) is 27.2 Å². The Morgan fingerprint density at radius 3 is 2.44 bits per heavy atom. The maximum atomic E-state index is 14.7. The average molecular weight is 577 g/mol. The van der Waals surface area contributed by atoms with E-state index in [4.69, 9.17) is 0 Å². The third kappa shape index (κ3) is 8.20. The molecule has 4 heterocycles. The topological polar surface area (TPSA) is 133 Å². The number of hydrazine groups is 2. The number of hydrogen-bond donors (Lipinski definition) is 3. The number of nitrogens with one attached hydrogen (secondary N) is 3. The van der Waals surface area contributed by atoms with Gasteiger partial charge in [-0.2, -0.15) is 13.2 Å².